The minimum atomic E-state index is -0.770. The van der Waals surface area contributed by atoms with E-state index in [1.54, 1.807) is 18.6 Å². The molecule has 1 aromatic rings. The van der Waals surface area contributed by atoms with E-state index in [9.17, 15) is 14.7 Å². The highest BCUT2D eigenvalue weighted by Gasteiger charge is 2.76. The highest BCUT2D eigenvalue weighted by atomic mass is 16.5. The van der Waals surface area contributed by atoms with E-state index >= 15 is 0 Å². The van der Waals surface area contributed by atoms with E-state index in [1.165, 1.54) is 0 Å². The number of aliphatic hydroxyl groups excluding tert-OH is 1. The number of rotatable bonds is 1. The lowest BCUT2D eigenvalue weighted by molar-refractivity contribution is -0.237. The molecular formula is C26H32O5. The highest BCUT2D eigenvalue weighted by Crippen LogP contribution is 2.74. The Kier molecular flexibility index (Phi) is 3.72. The molecule has 0 amide bonds. The lowest BCUT2D eigenvalue weighted by Gasteiger charge is -2.66. The number of hydrogen-bond donors (Lipinski definition) is 1. The highest BCUT2D eigenvalue weighted by molar-refractivity contribution is 5.97. The Balaban J connectivity index is 1.52. The Morgan fingerprint density at radius 3 is 2.65 bits per heavy atom. The zero-order valence-corrected chi connectivity index (χ0v) is 18.8. The van der Waals surface area contributed by atoms with Crippen LogP contribution in [0.3, 0.4) is 0 Å². The second-order valence-electron chi connectivity index (χ2n) is 11.9. The molecule has 0 aromatic carbocycles. The lowest BCUT2D eigenvalue weighted by atomic mass is 9.36. The van der Waals surface area contributed by atoms with Crippen LogP contribution in [0.4, 0.5) is 0 Å². The fourth-order valence-electron chi connectivity index (χ4n) is 9.39. The standard InChI is InChI=1S/C26H32O5/c1-23-8-6-18(28)25(3)17-5-9-24(2)15(14-7-10-30-12-14)11-16(27)20(24)26(17,4)22(29)19(21(23)25)31-13-23/h6-8,10,12,15,17,19-22,29H,5,9,11,13H2,1-4H3/t15-,17+,19+,20+,21-,22+,23-,24-,25-,26+/m0/s1. The lowest BCUT2D eigenvalue weighted by Crippen LogP contribution is -2.71. The predicted octanol–water partition coefficient (Wildman–Crippen LogP) is 3.92. The number of aliphatic hydroxyl groups is 1. The molecule has 0 bridgehead atoms. The van der Waals surface area contributed by atoms with Gasteiger partial charge in [0.1, 0.15) is 5.78 Å². The molecule has 5 aliphatic rings. The first-order chi connectivity index (χ1) is 14.6. The van der Waals surface area contributed by atoms with Crippen molar-refractivity contribution in [1.29, 1.82) is 0 Å². The van der Waals surface area contributed by atoms with E-state index in [4.69, 9.17) is 9.15 Å². The molecule has 0 spiro atoms. The van der Waals surface area contributed by atoms with Crippen molar-refractivity contribution in [1.82, 2.24) is 0 Å². The molecule has 1 aromatic heterocycles. The first-order valence-electron chi connectivity index (χ1n) is 11.7. The molecule has 2 heterocycles. The Labute approximate surface area is 183 Å². The summed E-state index contributed by atoms with van der Waals surface area (Å²) in [6, 6.07) is 1.97. The van der Waals surface area contributed by atoms with Gasteiger partial charge in [-0.25, -0.2) is 0 Å². The van der Waals surface area contributed by atoms with Gasteiger partial charge in [0.2, 0.25) is 0 Å². The molecule has 31 heavy (non-hydrogen) atoms. The summed E-state index contributed by atoms with van der Waals surface area (Å²) in [5.74, 6) is 0.00288. The van der Waals surface area contributed by atoms with Gasteiger partial charge in [0.25, 0.3) is 0 Å². The summed E-state index contributed by atoms with van der Waals surface area (Å²) in [6.45, 7) is 9.04. The molecule has 4 fully saturated rings. The van der Waals surface area contributed by atoms with Crippen molar-refractivity contribution in [3.8, 4) is 0 Å². The molecule has 5 heteroatoms. The van der Waals surface area contributed by atoms with Crippen LogP contribution in [0.1, 0.15) is 58.4 Å². The van der Waals surface area contributed by atoms with E-state index < -0.39 is 23.0 Å². The van der Waals surface area contributed by atoms with Crippen LogP contribution in [-0.2, 0) is 14.3 Å². The fourth-order valence-corrected chi connectivity index (χ4v) is 9.39. The maximum Gasteiger partial charge on any atom is 0.161 e. The number of allylic oxidation sites excluding steroid dienone is 1. The first-order valence-corrected chi connectivity index (χ1v) is 11.7. The molecule has 4 aliphatic carbocycles. The Bertz CT molecular complexity index is 995. The molecule has 1 aliphatic heterocycles. The number of ether oxygens (including phenoxy) is 1. The van der Waals surface area contributed by atoms with Gasteiger partial charge in [-0.2, -0.15) is 0 Å². The first kappa shape index (κ1) is 19.9. The van der Waals surface area contributed by atoms with Crippen LogP contribution in [0, 0.1) is 39.4 Å². The summed E-state index contributed by atoms with van der Waals surface area (Å²) in [5, 5.41) is 11.9. The summed E-state index contributed by atoms with van der Waals surface area (Å²) >= 11 is 0. The quantitative estimate of drug-likeness (QED) is 0.740. The van der Waals surface area contributed by atoms with Gasteiger partial charge in [0, 0.05) is 34.5 Å². The van der Waals surface area contributed by atoms with Gasteiger partial charge in [-0.1, -0.05) is 33.8 Å². The van der Waals surface area contributed by atoms with Gasteiger partial charge in [-0.15, -0.1) is 0 Å². The zero-order valence-electron chi connectivity index (χ0n) is 18.8. The summed E-state index contributed by atoms with van der Waals surface area (Å²) < 4.78 is 11.6. The molecule has 5 nitrogen and oxygen atoms in total. The van der Waals surface area contributed by atoms with Gasteiger partial charge in [-0.3, -0.25) is 9.59 Å². The minimum Gasteiger partial charge on any atom is -0.472 e. The van der Waals surface area contributed by atoms with Crippen LogP contribution in [-0.4, -0.2) is 35.5 Å². The van der Waals surface area contributed by atoms with Crippen molar-refractivity contribution in [2.45, 2.75) is 65.1 Å². The van der Waals surface area contributed by atoms with E-state index in [2.05, 4.69) is 27.7 Å². The van der Waals surface area contributed by atoms with Crippen molar-refractivity contribution >= 4 is 11.6 Å². The van der Waals surface area contributed by atoms with Crippen LogP contribution < -0.4 is 0 Å². The largest absolute Gasteiger partial charge is 0.472 e. The summed E-state index contributed by atoms with van der Waals surface area (Å²) in [6.07, 6.45) is 8.15. The van der Waals surface area contributed by atoms with Crippen molar-refractivity contribution in [2.24, 2.45) is 39.4 Å². The smallest absolute Gasteiger partial charge is 0.161 e. The summed E-state index contributed by atoms with van der Waals surface area (Å²) in [7, 11) is 0. The third-order valence-corrected chi connectivity index (χ3v) is 10.6. The van der Waals surface area contributed by atoms with Gasteiger partial charge >= 0.3 is 0 Å². The van der Waals surface area contributed by atoms with Crippen LogP contribution in [0.25, 0.3) is 0 Å². The SMILES string of the molecule is C[C@@]12CC[C@@H]3[C@@]4(C)C(=O)C=C[C@@]5(C)CO[C@@H]([C@@H](O)[C@@]3(C)[C@@H]1C(=O)C[C@H]2c1ccoc1)[C@H]45. The molecule has 1 saturated heterocycles. The van der Waals surface area contributed by atoms with Gasteiger partial charge in [0.05, 0.1) is 31.3 Å². The Hall–Kier alpha value is -1.72. The molecule has 10 atom stereocenters. The molecular weight excluding hydrogens is 392 g/mol. The fraction of sp³-hybridized carbons (Fsp3) is 0.692. The second kappa shape index (κ2) is 5.79. The summed E-state index contributed by atoms with van der Waals surface area (Å²) in [5.41, 5.74) is -0.795. The molecule has 0 radical (unpaired) electrons. The van der Waals surface area contributed by atoms with E-state index in [-0.39, 0.29) is 46.1 Å². The van der Waals surface area contributed by atoms with Gasteiger partial charge < -0.3 is 14.3 Å². The molecule has 3 saturated carbocycles. The molecule has 1 N–H and O–H groups in total. The minimum absolute atomic E-state index is 0.0557. The van der Waals surface area contributed by atoms with Crippen molar-refractivity contribution in [2.75, 3.05) is 6.61 Å². The van der Waals surface area contributed by atoms with Gasteiger partial charge in [0.15, 0.2) is 5.78 Å². The predicted molar refractivity (Wildman–Crippen MR) is 113 cm³/mol. The third kappa shape index (κ3) is 2.06. The van der Waals surface area contributed by atoms with Crippen molar-refractivity contribution in [3.05, 3.63) is 36.3 Å². The number of hydrogen-bond acceptors (Lipinski definition) is 5. The second-order valence-corrected chi connectivity index (χ2v) is 11.9. The number of Topliss-reactive ketones (excluding diaryl/α,β-unsaturated/α-hetero) is 1. The Morgan fingerprint density at radius 1 is 1.16 bits per heavy atom. The van der Waals surface area contributed by atoms with Crippen molar-refractivity contribution < 1.29 is 23.8 Å². The van der Waals surface area contributed by atoms with Crippen LogP contribution in [0.5, 0.6) is 0 Å². The number of ketones is 2. The number of carbonyl (C=O) groups excluding carboxylic acids is 2. The van der Waals surface area contributed by atoms with E-state index in [0.717, 1.165) is 18.4 Å². The van der Waals surface area contributed by atoms with Crippen LogP contribution in [0.15, 0.2) is 35.2 Å². The molecule has 166 valence electrons. The normalized spacial score (nSPS) is 55.1. The van der Waals surface area contributed by atoms with E-state index in [1.807, 2.05) is 12.1 Å². The monoisotopic (exact) mass is 424 g/mol. The third-order valence-electron chi connectivity index (χ3n) is 10.6. The maximum atomic E-state index is 13.7. The van der Waals surface area contributed by atoms with E-state index in [0.29, 0.717) is 13.0 Å². The van der Waals surface area contributed by atoms with Crippen LogP contribution >= 0.6 is 0 Å². The maximum absolute atomic E-state index is 13.7. The molecule has 0 unspecified atom stereocenters. The number of fused-ring (bicyclic) bond motifs is 4. The van der Waals surface area contributed by atoms with Gasteiger partial charge in [-0.05, 0) is 47.8 Å². The topological polar surface area (TPSA) is 76.7 Å². The van der Waals surface area contributed by atoms with Crippen LogP contribution in [0.2, 0.25) is 0 Å². The molecule has 6 rings (SSSR count). The zero-order chi connectivity index (χ0) is 22.0. The average molecular weight is 425 g/mol. The summed E-state index contributed by atoms with van der Waals surface area (Å²) in [4.78, 5) is 27.2. The number of furan rings is 1. The number of carbonyl (C=O) groups is 2. The average Bonchev–Trinajstić information content (AvgIpc) is 3.41. The van der Waals surface area contributed by atoms with Crippen molar-refractivity contribution in [3.63, 3.8) is 0 Å². The Morgan fingerprint density at radius 2 is 1.94 bits per heavy atom.